The Bertz CT molecular complexity index is 374. The Morgan fingerprint density at radius 2 is 1.93 bits per heavy atom. The molecule has 0 heterocycles. The van der Waals surface area contributed by atoms with E-state index in [9.17, 15) is 9.36 Å². The van der Waals surface area contributed by atoms with Crippen LogP contribution in [0.3, 0.4) is 0 Å². The second kappa shape index (κ2) is 5.10. The molecule has 5 heteroatoms. The molecule has 0 fully saturated rings. The largest absolute Gasteiger partial charge is 0.388 e. The van der Waals surface area contributed by atoms with E-state index in [2.05, 4.69) is 0 Å². The van der Waals surface area contributed by atoms with Gasteiger partial charge < -0.3 is 9.05 Å². The molecular formula is C10H13O4P. The summed E-state index contributed by atoms with van der Waals surface area (Å²) in [6, 6.07) is 8.38. The number of hydrogen-bond acceptors (Lipinski definition) is 4. The molecule has 1 atom stereocenters. The van der Waals surface area contributed by atoms with Gasteiger partial charge in [-0.3, -0.25) is 0 Å². The molecule has 1 unspecified atom stereocenters. The molecular weight excluding hydrogens is 215 g/mol. The molecule has 1 aromatic carbocycles. The monoisotopic (exact) mass is 228 g/mol. The van der Waals surface area contributed by atoms with Crippen molar-refractivity contribution >= 4 is 13.6 Å². The lowest BCUT2D eigenvalue weighted by molar-refractivity contribution is 0.0704. The van der Waals surface area contributed by atoms with Crippen LogP contribution in [0.15, 0.2) is 30.3 Å². The molecule has 4 nitrogen and oxygen atoms in total. The van der Waals surface area contributed by atoms with Gasteiger partial charge in [-0.15, -0.1) is 0 Å². The quantitative estimate of drug-likeness (QED) is 0.743. The first-order valence-electron chi connectivity index (χ1n) is 4.56. The van der Waals surface area contributed by atoms with Crippen molar-refractivity contribution in [3.05, 3.63) is 35.9 Å². The van der Waals surface area contributed by atoms with Gasteiger partial charge in [0.15, 0.2) is 0 Å². The first-order chi connectivity index (χ1) is 7.05. The van der Waals surface area contributed by atoms with Crippen molar-refractivity contribution in [1.29, 1.82) is 0 Å². The second-order valence-electron chi connectivity index (χ2n) is 2.93. The lowest BCUT2D eigenvalue weighted by atomic mass is 10.2. The van der Waals surface area contributed by atoms with E-state index in [0.717, 1.165) is 0 Å². The first kappa shape index (κ1) is 12.0. The molecule has 0 radical (unpaired) electrons. The molecule has 0 N–H and O–H groups in total. The van der Waals surface area contributed by atoms with Gasteiger partial charge in [-0.25, -0.2) is 9.36 Å². The molecule has 0 aliphatic heterocycles. The van der Waals surface area contributed by atoms with Gasteiger partial charge in [-0.1, -0.05) is 18.2 Å². The lowest BCUT2D eigenvalue weighted by Gasteiger charge is -2.12. The Morgan fingerprint density at radius 1 is 1.33 bits per heavy atom. The van der Waals surface area contributed by atoms with Crippen molar-refractivity contribution < 1.29 is 18.4 Å². The first-order valence-corrected chi connectivity index (χ1v) is 6.55. The van der Waals surface area contributed by atoms with Crippen LogP contribution < -0.4 is 0 Å². The molecule has 0 amide bonds. The van der Waals surface area contributed by atoms with E-state index in [4.69, 9.17) is 9.05 Å². The van der Waals surface area contributed by atoms with E-state index >= 15 is 0 Å². The number of carbonyl (C=O) groups is 1. The molecule has 1 rings (SSSR count). The molecule has 0 bridgehead atoms. The van der Waals surface area contributed by atoms with Crippen LogP contribution in [0.2, 0.25) is 0 Å². The molecule has 15 heavy (non-hydrogen) atoms. The molecule has 0 spiro atoms. The summed E-state index contributed by atoms with van der Waals surface area (Å²) in [4.78, 5) is 11.5. The number of carbonyl (C=O) groups excluding carboxylic acids is 1. The molecule has 0 saturated carbocycles. The molecule has 0 saturated heterocycles. The Balaban J connectivity index is 2.68. The van der Waals surface area contributed by atoms with Crippen molar-refractivity contribution in [2.24, 2.45) is 0 Å². The van der Waals surface area contributed by atoms with Crippen LogP contribution >= 0.6 is 7.60 Å². The lowest BCUT2D eigenvalue weighted by Crippen LogP contribution is -2.04. The summed E-state index contributed by atoms with van der Waals surface area (Å²) in [6.45, 7) is 3.21. The third-order valence-electron chi connectivity index (χ3n) is 1.62. The van der Waals surface area contributed by atoms with E-state index in [1.54, 1.807) is 37.3 Å². The maximum Gasteiger partial charge on any atom is 0.378 e. The molecule has 82 valence electrons. The van der Waals surface area contributed by atoms with Crippen molar-refractivity contribution in [2.45, 2.75) is 6.92 Å². The fourth-order valence-corrected chi connectivity index (χ4v) is 1.97. The van der Waals surface area contributed by atoms with Crippen molar-refractivity contribution in [3.63, 3.8) is 0 Å². The highest BCUT2D eigenvalue weighted by molar-refractivity contribution is 7.53. The summed E-state index contributed by atoms with van der Waals surface area (Å²) < 4.78 is 21.1. The van der Waals surface area contributed by atoms with E-state index in [-0.39, 0.29) is 6.61 Å². The van der Waals surface area contributed by atoms with Gasteiger partial charge in [0.1, 0.15) is 0 Å². The minimum Gasteiger partial charge on any atom is -0.388 e. The van der Waals surface area contributed by atoms with Crippen LogP contribution in [0.5, 0.6) is 0 Å². The Hall–Kier alpha value is -1.12. The van der Waals surface area contributed by atoms with Crippen molar-refractivity contribution in [3.8, 4) is 0 Å². The summed E-state index contributed by atoms with van der Waals surface area (Å²) in [5.74, 6) is -0.630. The average molecular weight is 228 g/mol. The highest BCUT2D eigenvalue weighted by Crippen LogP contribution is 2.44. The number of rotatable bonds is 4. The van der Waals surface area contributed by atoms with Gasteiger partial charge in [0.05, 0.1) is 18.8 Å². The Kier molecular flexibility index (Phi) is 4.06. The second-order valence-corrected chi connectivity index (χ2v) is 4.92. The normalized spacial score (nSPS) is 14.3. The van der Waals surface area contributed by atoms with E-state index < -0.39 is 13.6 Å². The highest BCUT2D eigenvalue weighted by atomic mass is 31.2. The Morgan fingerprint density at radius 3 is 2.47 bits per heavy atom. The Labute approximate surface area is 88.7 Å². The van der Waals surface area contributed by atoms with Crippen LogP contribution in [0.1, 0.15) is 17.3 Å². The minimum absolute atomic E-state index is 0.246. The van der Waals surface area contributed by atoms with Gasteiger partial charge in [0.2, 0.25) is 0 Å². The summed E-state index contributed by atoms with van der Waals surface area (Å²) >= 11 is 0. The summed E-state index contributed by atoms with van der Waals surface area (Å²) in [5.41, 5.74) is 0.360. The van der Waals surface area contributed by atoms with E-state index in [1.165, 1.54) is 6.66 Å². The van der Waals surface area contributed by atoms with Gasteiger partial charge in [0, 0.05) is 0 Å². The van der Waals surface area contributed by atoms with Crippen LogP contribution in [0, 0.1) is 0 Å². The molecule has 0 aliphatic carbocycles. The summed E-state index contributed by atoms with van der Waals surface area (Å²) in [6.07, 6.45) is 0. The summed E-state index contributed by atoms with van der Waals surface area (Å²) in [5, 5.41) is 0. The zero-order valence-electron chi connectivity index (χ0n) is 8.67. The maximum absolute atomic E-state index is 11.5. The number of benzene rings is 1. The topological polar surface area (TPSA) is 52.6 Å². The van der Waals surface area contributed by atoms with Crippen LogP contribution in [-0.4, -0.2) is 19.2 Å². The molecule has 1 aromatic rings. The number of hydrogen-bond donors (Lipinski definition) is 0. The average Bonchev–Trinajstić information content (AvgIpc) is 2.18. The smallest absolute Gasteiger partial charge is 0.378 e. The highest BCUT2D eigenvalue weighted by Gasteiger charge is 2.21. The van der Waals surface area contributed by atoms with E-state index in [0.29, 0.717) is 5.56 Å². The van der Waals surface area contributed by atoms with Crippen molar-refractivity contribution in [1.82, 2.24) is 0 Å². The standard InChI is InChI=1S/C10H13O4P/c1-3-13-15(2,12)14-10(11)9-7-5-4-6-8-9/h4-8H,3H2,1-2H3. The minimum atomic E-state index is -3.26. The SMILES string of the molecule is CCOP(C)(=O)OC(=O)c1ccccc1. The van der Waals surface area contributed by atoms with Crippen LogP contribution in [0.25, 0.3) is 0 Å². The fourth-order valence-electron chi connectivity index (χ4n) is 1.04. The zero-order chi connectivity index (χ0) is 11.3. The maximum atomic E-state index is 11.5. The van der Waals surface area contributed by atoms with Gasteiger partial charge >= 0.3 is 13.6 Å². The summed E-state index contributed by atoms with van der Waals surface area (Å²) in [7, 11) is -3.26. The van der Waals surface area contributed by atoms with E-state index in [1.807, 2.05) is 0 Å². The van der Waals surface area contributed by atoms with Crippen LogP contribution in [0.4, 0.5) is 0 Å². The zero-order valence-corrected chi connectivity index (χ0v) is 9.57. The van der Waals surface area contributed by atoms with Crippen LogP contribution in [-0.2, 0) is 13.6 Å². The molecule has 0 aromatic heterocycles. The third kappa shape index (κ3) is 3.86. The third-order valence-corrected chi connectivity index (χ3v) is 2.85. The van der Waals surface area contributed by atoms with Gasteiger partial charge in [-0.05, 0) is 19.1 Å². The van der Waals surface area contributed by atoms with Crippen molar-refractivity contribution in [2.75, 3.05) is 13.3 Å². The molecule has 0 aliphatic rings. The predicted molar refractivity (Wildman–Crippen MR) is 57.0 cm³/mol. The van der Waals surface area contributed by atoms with Gasteiger partial charge in [-0.2, -0.15) is 0 Å². The fraction of sp³-hybridized carbons (Fsp3) is 0.300. The predicted octanol–water partition coefficient (Wildman–Crippen LogP) is 2.70. The van der Waals surface area contributed by atoms with Gasteiger partial charge in [0.25, 0.3) is 0 Å².